The van der Waals surface area contributed by atoms with Crippen LogP contribution < -0.4 is 5.73 Å². The van der Waals surface area contributed by atoms with E-state index in [1.807, 2.05) is 25.7 Å². The van der Waals surface area contributed by atoms with Gasteiger partial charge in [-0.3, -0.25) is 4.79 Å². The molecule has 1 aliphatic heterocycles. The van der Waals surface area contributed by atoms with Gasteiger partial charge >= 0.3 is 6.09 Å². The molecule has 0 radical (unpaired) electrons. The van der Waals surface area contributed by atoms with E-state index < -0.39 is 0 Å². The Morgan fingerprint density at radius 3 is 1.91 bits per heavy atom. The Hall–Kier alpha value is -1.26. The number of ether oxygens (including phenoxy) is 1. The van der Waals surface area contributed by atoms with Gasteiger partial charge in [0.05, 0.1) is 0 Å². The highest BCUT2D eigenvalue weighted by Crippen LogP contribution is 2.23. The molecular formula is C17H32N2O3. The number of amides is 2. The molecule has 5 heteroatoms. The van der Waals surface area contributed by atoms with Crippen molar-refractivity contribution in [3.8, 4) is 0 Å². The smallest absolute Gasteiger partial charge is 0.410 e. The van der Waals surface area contributed by atoms with Gasteiger partial charge in [-0.15, -0.1) is 0 Å². The minimum absolute atomic E-state index is 0.109. The molecule has 22 heavy (non-hydrogen) atoms. The Kier molecular flexibility index (Phi) is 7.17. The van der Waals surface area contributed by atoms with Gasteiger partial charge in [-0.2, -0.15) is 0 Å². The number of nitrogens with zero attached hydrogens (tertiary/aromatic N) is 1. The van der Waals surface area contributed by atoms with Crippen molar-refractivity contribution >= 4 is 12.0 Å². The first-order chi connectivity index (χ1) is 10.2. The van der Waals surface area contributed by atoms with Crippen LogP contribution in [0.3, 0.4) is 0 Å². The number of likely N-dealkylation sites (tertiary alicyclic amines) is 1. The van der Waals surface area contributed by atoms with E-state index in [9.17, 15) is 9.59 Å². The molecule has 128 valence electrons. The van der Waals surface area contributed by atoms with E-state index in [1.165, 1.54) is 12.8 Å². The first-order valence-corrected chi connectivity index (χ1v) is 8.46. The summed E-state index contributed by atoms with van der Waals surface area (Å²) in [6, 6.07) is 0. The van der Waals surface area contributed by atoms with Gasteiger partial charge in [-0.25, -0.2) is 4.79 Å². The van der Waals surface area contributed by atoms with Gasteiger partial charge in [0.2, 0.25) is 5.91 Å². The lowest BCUT2D eigenvalue weighted by atomic mass is 10.00. The van der Waals surface area contributed by atoms with E-state index in [1.54, 1.807) is 0 Å². The van der Waals surface area contributed by atoms with Gasteiger partial charge in [-0.1, -0.05) is 19.8 Å². The summed E-state index contributed by atoms with van der Waals surface area (Å²) >= 11 is 0. The molecule has 0 unspecified atom stereocenters. The Morgan fingerprint density at radius 2 is 1.55 bits per heavy atom. The van der Waals surface area contributed by atoms with Crippen molar-refractivity contribution in [2.24, 2.45) is 17.6 Å². The molecule has 1 aliphatic carbocycles. The van der Waals surface area contributed by atoms with Gasteiger partial charge < -0.3 is 15.4 Å². The van der Waals surface area contributed by atoms with Crippen LogP contribution in [0.15, 0.2) is 0 Å². The molecule has 2 fully saturated rings. The Balaban J connectivity index is 0.000000255. The van der Waals surface area contributed by atoms with Crippen LogP contribution in [0.2, 0.25) is 0 Å². The lowest BCUT2D eigenvalue weighted by molar-refractivity contribution is -0.121. The molecular weight excluding hydrogens is 280 g/mol. The van der Waals surface area contributed by atoms with E-state index in [2.05, 4.69) is 6.92 Å². The predicted molar refractivity (Wildman–Crippen MR) is 87.4 cm³/mol. The van der Waals surface area contributed by atoms with E-state index >= 15 is 0 Å². The molecule has 0 bridgehead atoms. The molecule has 0 aromatic heterocycles. The third-order valence-electron chi connectivity index (χ3n) is 4.19. The lowest BCUT2D eigenvalue weighted by Crippen LogP contribution is -2.41. The normalized spacial score (nSPS) is 20.3. The second-order valence-electron chi connectivity index (χ2n) is 7.53. The second kappa shape index (κ2) is 8.39. The van der Waals surface area contributed by atoms with Gasteiger partial charge in [0.15, 0.2) is 0 Å². The van der Waals surface area contributed by atoms with Crippen LogP contribution in [0.25, 0.3) is 0 Å². The zero-order chi connectivity index (χ0) is 16.8. The van der Waals surface area contributed by atoms with Crippen LogP contribution in [0, 0.1) is 11.8 Å². The number of carbonyl (C=O) groups excluding carboxylic acids is 2. The predicted octanol–water partition coefficient (Wildman–Crippen LogP) is 3.32. The average molecular weight is 312 g/mol. The van der Waals surface area contributed by atoms with E-state index in [4.69, 9.17) is 10.5 Å². The molecule has 1 heterocycles. The van der Waals surface area contributed by atoms with Gasteiger partial charge in [-0.05, 0) is 52.4 Å². The van der Waals surface area contributed by atoms with Crippen molar-refractivity contribution in [3.05, 3.63) is 0 Å². The molecule has 0 aromatic carbocycles. The van der Waals surface area contributed by atoms with Crippen molar-refractivity contribution in [1.82, 2.24) is 4.90 Å². The number of piperidine rings is 1. The van der Waals surface area contributed by atoms with Crippen molar-refractivity contribution in [3.63, 3.8) is 0 Å². The maximum absolute atomic E-state index is 11.6. The molecule has 0 atom stereocenters. The molecule has 2 amide bonds. The fraction of sp³-hybridized carbons (Fsp3) is 0.882. The molecule has 0 aromatic rings. The van der Waals surface area contributed by atoms with Gasteiger partial charge in [0.1, 0.15) is 5.60 Å². The summed E-state index contributed by atoms with van der Waals surface area (Å²) in [5.74, 6) is 0.839. The van der Waals surface area contributed by atoms with Gasteiger partial charge in [0.25, 0.3) is 0 Å². The van der Waals surface area contributed by atoms with Crippen molar-refractivity contribution < 1.29 is 14.3 Å². The SMILES string of the molecule is CC1CCN(C(=O)OC(C)(C)C)CC1.NC(=O)C1CCCC1. The second-order valence-corrected chi connectivity index (χ2v) is 7.53. The molecule has 2 aliphatic rings. The minimum Gasteiger partial charge on any atom is -0.444 e. The molecule has 2 N–H and O–H groups in total. The van der Waals surface area contributed by atoms with Crippen molar-refractivity contribution in [2.75, 3.05) is 13.1 Å². The van der Waals surface area contributed by atoms with Crippen LogP contribution in [0.5, 0.6) is 0 Å². The number of hydrogen-bond donors (Lipinski definition) is 1. The molecule has 1 saturated heterocycles. The molecule has 1 saturated carbocycles. The number of hydrogen-bond acceptors (Lipinski definition) is 3. The Labute approximate surface area is 134 Å². The van der Waals surface area contributed by atoms with Crippen LogP contribution >= 0.6 is 0 Å². The fourth-order valence-electron chi connectivity index (χ4n) is 2.73. The standard InChI is InChI=1S/C11H21NO2.C6H11NO/c1-9-5-7-12(8-6-9)10(13)14-11(2,3)4;7-6(8)5-3-1-2-4-5/h9H,5-8H2,1-4H3;5H,1-4H2,(H2,7,8). The largest absolute Gasteiger partial charge is 0.444 e. The zero-order valence-electron chi connectivity index (χ0n) is 14.6. The molecule has 2 rings (SSSR count). The number of rotatable bonds is 1. The lowest BCUT2D eigenvalue weighted by Gasteiger charge is -2.32. The topological polar surface area (TPSA) is 72.6 Å². The van der Waals surface area contributed by atoms with Crippen LogP contribution in [-0.2, 0) is 9.53 Å². The van der Waals surface area contributed by atoms with E-state index in [0.29, 0.717) is 0 Å². The quantitative estimate of drug-likeness (QED) is 0.807. The highest BCUT2D eigenvalue weighted by atomic mass is 16.6. The fourth-order valence-corrected chi connectivity index (χ4v) is 2.73. The van der Waals surface area contributed by atoms with Crippen LogP contribution in [-0.4, -0.2) is 35.6 Å². The average Bonchev–Trinajstić information content (AvgIpc) is 2.92. The summed E-state index contributed by atoms with van der Waals surface area (Å²) in [4.78, 5) is 23.9. The summed E-state index contributed by atoms with van der Waals surface area (Å²) in [6.45, 7) is 9.62. The molecule has 5 nitrogen and oxygen atoms in total. The maximum atomic E-state index is 11.6. The summed E-state index contributed by atoms with van der Waals surface area (Å²) in [7, 11) is 0. The first-order valence-electron chi connectivity index (χ1n) is 8.46. The number of primary amides is 1. The summed E-state index contributed by atoms with van der Waals surface area (Å²) in [5.41, 5.74) is 4.68. The third kappa shape index (κ3) is 7.14. The summed E-state index contributed by atoms with van der Waals surface area (Å²) < 4.78 is 5.30. The van der Waals surface area contributed by atoms with Gasteiger partial charge in [0, 0.05) is 19.0 Å². The van der Waals surface area contributed by atoms with Crippen LogP contribution in [0.4, 0.5) is 4.79 Å². The Bertz CT molecular complexity index is 363. The summed E-state index contributed by atoms with van der Waals surface area (Å²) in [5, 5.41) is 0. The monoisotopic (exact) mass is 312 g/mol. The number of nitrogens with two attached hydrogens (primary N) is 1. The maximum Gasteiger partial charge on any atom is 0.410 e. The molecule has 0 spiro atoms. The Morgan fingerprint density at radius 1 is 1.05 bits per heavy atom. The zero-order valence-corrected chi connectivity index (χ0v) is 14.6. The third-order valence-corrected chi connectivity index (χ3v) is 4.19. The highest BCUT2D eigenvalue weighted by Gasteiger charge is 2.25. The van der Waals surface area contributed by atoms with Crippen molar-refractivity contribution in [1.29, 1.82) is 0 Å². The minimum atomic E-state index is -0.375. The number of carbonyl (C=O) groups is 2. The van der Waals surface area contributed by atoms with Crippen LogP contribution in [0.1, 0.15) is 66.2 Å². The summed E-state index contributed by atoms with van der Waals surface area (Å²) in [6.07, 6.45) is 6.45. The van der Waals surface area contributed by atoms with E-state index in [0.717, 1.165) is 44.7 Å². The first kappa shape index (κ1) is 18.8. The van der Waals surface area contributed by atoms with Crippen molar-refractivity contribution in [2.45, 2.75) is 71.8 Å². The highest BCUT2D eigenvalue weighted by molar-refractivity contribution is 5.76. The van der Waals surface area contributed by atoms with E-state index in [-0.39, 0.29) is 23.5 Å².